The van der Waals surface area contributed by atoms with Crippen molar-refractivity contribution in [2.75, 3.05) is 0 Å². The Morgan fingerprint density at radius 1 is 0.943 bits per heavy atom. The van der Waals surface area contributed by atoms with Crippen LogP contribution in [0.4, 0.5) is 0 Å². The first kappa shape index (κ1) is 24.5. The van der Waals surface area contributed by atoms with Crippen molar-refractivity contribution >= 4 is 17.7 Å². The van der Waals surface area contributed by atoms with Crippen molar-refractivity contribution in [1.29, 1.82) is 0 Å². The van der Waals surface area contributed by atoms with Crippen molar-refractivity contribution in [3.63, 3.8) is 0 Å². The summed E-state index contributed by atoms with van der Waals surface area (Å²) in [7, 11) is 0. The summed E-state index contributed by atoms with van der Waals surface area (Å²) in [4.78, 5) is 36.1. The van der Waals surface area contributed by atoms with E-state index in [0.29, 0.717) is 11.1 Å². The zero-order valence-electron chi connectivity index (χ0n) is 19.6. The van der Waals surface area contributed by atoms with E-state index in [0.717, 1.165) is 12.5 Å². The smallest absolute Gasteiger partial charge is 0.303 e. The minimum Gasteiger partial charge on any atom is -0.507 e. The Morgan fingerprint density at radius 2 is 1.51 bits per heavy atom. The Kier molecular flexibility index (Phi) is 6.44. The lowest BCUT2D eigenvalue weighted by Crippen LogP contribution is -2.60. The number of phenols is 2. The van der Waals surface area contributed by atoms with Gasteiger partial charge in [0.25, 0.3) is 0 Å². The predicted octanol–water partition coefficient (Wildman–Crippen LogP) is 1.89. The molecule has 2 aromatic rings. The van der Waals surface area contributed by atoms with Gasteiger partial charge >= 0.3 is 11.9 Å². The Labute approximate surface area is 201 Å². The summed E-state index contributed by atoms with van der Waals surface area (Å²) >= 11 is 0. The first-order valence-corrected chi connectivity index (χ1v) is 11.0. The summed E-state index contributed by atoms with van der Waals surface area (Å²) in [5, 5.41) is 31.7. The quantitative estimate of drug-likeness (QED) is 0.467. The number of carbonyl (C=O) groups excluding carboxylic acids is 3. The van der Waals surface area contributed by atoms with E-state index >= 15 is 0 Å². The average molecular weight is 486 g/mol. The first-order chi connectivity index (χ1) is 16.5. The Hall–Kier alpha value is -3.63. The number of hydrogen-bond acceptors (Lipinski definition) is 10. The van der Waals surface area contributed by atoms with Gasteiger partial charge < -0.3 is 34.3 Å². The topological polar surface area (TPSA) is 149 Å². The molecule has 186 valence electrons. The van der Waals surface area contributed by atoms with Crippen molar-refractivity contribution in [3.05, 3.63) is 52.1 Å². The zero-order valence-corrected chi connectivity index (χ0v) is 19.6. The Balaban J connectivity index is 1.63. The van der Waals surface area contributed by atoms with Crippen LogP contribution in [0.25, 0.3) is 0 Å². The van der Waals surface area contributed by atoms with Gasteiger partial charge in [0, 0.05) is 19.9 Å². The number of ketones is 1. The highest BCUT2D eigenvalue weighted by Crippen LogP contribution is 2.40. The van der Waals surface area contributed by atoms with Crippen LogP contribution in [0.2, 0.25) is 0 Å². The van der Waals surface area contributed by atoms with Crippen LogP contribution < -0.4 is 4.74 Å². The molecule has 10 heteroatoms. The Bertz CT molecular complexity index is 1200. The molecule has 0 bridgehead atoms. The second kappa shape index (κ2) is 9.20. The Morgan fingerprint density at radius 3 is 2.14 bits per heavy atom. The lowest BCUT2D eigenvalue weighted by Gasteiger charge is -2.42. The van der Waals surface area contributed by atoms with E-state index in [2.05, 4.69) is 0 Å². The van der Waals surface area contributed by atoms with Gasteiger partial charge in [0.2, 0.25) is 12.1 Å². The van der Waals surface area contributed by atoms with E-state index in [4.69, 9.17) is 18.9 Å². The van der Waals surface area contributed by atoms with Gasteiger partial charge in [-0.1, -0.05) is 6.07 Å². The fourth-order valence-electron chi connectivity index (χ4n) is 4.60. The van der Waals surface area contributed by atoms with Crippen molar-refractivity contribution in [3.8, 4) is 17.2 Å². The van der Waals surface area contributed by atoms with Crippen LogP contribution in [0, 0.1) is 6.92 Å². The minimum absolute atomic E-state index is 0.0511. The highest BCUT2D eigenvalue weighted by molar-refractivity contribution is 6.15. The number of rotatable bonds is 4. The van der Waals surface area contributed by atoms with Crippen molar-refractivity contribution in [1.82, 2.24) is 0 Å². The highest BCUT2D eigenvalue weighted by Gasteiger charge is 2.49. The average Bonchev–Trinajstić information content (AvgIpc) is 2.72. The molecule has 0 unspecified atom stereocenters. The molecule has 3 N–H and O–H groups in total. The maximum atomic E-state index is 13.0. The number of aliphatic hydroxyl groups excluding tert-OH is 1. The molecule has 2 aromatic carbocycles. The summed E-state index contributed by atoms with van der Waals surface area (Å²) in [6, 6.07) is 6.01. The van der Waals surface area contributed by atoms with Crippen LogP contribution in [0.5, 0.6) is 17.2 Å². The van der Waals surface area contributed by atoms with E-state index in [9.17, 15) is 29.7 Å². The molecule has 0 radical (unpaired) electrons. The van der Waals surface area contributed by atoms with Gasteiger partial charge in [-0.15, -0.1) is 0 Å². The minimum atomic E-state index is -1.53. The molecule has 1 aliphatic carbocycles. The number of aryl methyl sites for hydroxylation is 1. The van der Waals surface area contributed by atoms with Crippen LogP contribution in [0.15, 0.2) is 24.3 Å². The van der Waals surface area contributed by atoms with Crippen LogP contribution >= 0.6 is 0 Å². The van der Waals surface area contributed by atoms with E-state index < -0.39 is 48.4 Å². The summed E-state index contributed by atoms with van der Waals surface area (Å²) in [6.07, 6.45) is -5.73. The van der Waals surface area contributed by atoms with Gasteiger partial charge in [-0.2, -0.15) is 0 Å². The molecule has 0 aromatic heterocycles. The molecular weight excluding hydrogens is 460 g/mol. The SMILES string of the molecule is CC(=O)O[C@@H]1[C@@H](OC(C)=O)[C@@H](O)[C@H](Oc2cc(O)c3c(c2)Cc2cc(C)cc(O)c2C3=O)O[C@H]1C. The van der Waals surface area contributed by atoms with Gasteiger partial charge in [-0.25, -0.2) is 0 Å². The fourth-order valence-corrected chi connectivity index (χ4v) is 4.60. The number of aromatic hydroxyl groups is 2. The lowest BCUT2D eigenvalue weighted by atomic mass is 9.83. The molecule has 1 heterocycles. The third-order valence-electron chi connectivity index (χ3n) is 5.96. The molecule has 1 fully saturated rings. The van der Waals surface area contributed by atoms with E-state index in [1.807, 2.05) is 0 Å². The summed E-state index contributed by atoms with van der Waals surface area (Å²) < 4.78 is 21.9. The molecule has 10 nitrogen and oxygen atoms in total. The summed E-state index contributed by atoms with van der Waals surface area (Å²) in [6.45, 7) is 5.70. The van der Waals surface area contributed by atoms with Crippen LogP contribution in [0.1, 0.15) is 53.4 Å². The number of benzene rings is 2. The summed E-state index contributed by atoms with van der Waals surface area (Å²) in [5.74, 6) is -2.26. The molecule has 5 atom stereocenters. The van der Waals surface area contributed by atoms with Gasteiger partial charge in [-0.3, -0.25) is 14.4 Å². The van der Waals surface area contributed by atoms with Crippen molar-refractivity contribution < 1.29 is 48.7 Å². The van der Waals surface area contributed by atoms with E-state index in [1.165, 1.54) is 25.1 Å². The number of fused-ring (bicyclic) bond motifs is 2. The highest BCUT2D eigenvalue weighted by atomic mass is 16.7. The molecule has 2 aliphatic rings. The van der Waals surface area contributed by atoms with Crippen molar-refractivity contribution in [2.45, 2.75) is 64.8 Å². The molecule has 4 rings (SSSR count). The molecular formula is C25H26O10. The molecule has 0 spiro atoms. The van der Waals surface area contributed by atoms with Gasteiger partial charge in [-0.05, 0) is 49.1 Å². The predicted molar refractivity (Wildman–Crippen MR) is 119 cm³/mol. The molecule has 1 aliphatic heterocycles. The number of esters is 2. The van der Waals surface area contributed by atoms with Crippen LogP contribution in [0.3, 0.4) is 0 Å². The molecule has 0 saturated carbocycles. The normalized spacial score (nSPS) is 25.3. The number of aliphatic hydroxyl groups is 1. The number of phenolic OH excluding ortho intramolecular Hbond substituents is 2. The fraction of sp³-hybridized carbons (Fsp3) is 0.400. The zero-order chi connectivity index (χ0) is 25.6. The largest absolute Gasteiger partial charge is 0.507 e. The summed E-state index contributed by atoms with van der Waals surface area (Å²) in [5.41, 5.74) is 2.05. The maximum Gasteiger partial charge on any atom is 0.303 e. The number of hydrogen-bond donors (Lipinski definition) is 3. The lowest BCUT2D eigenvalue weighted by molar-refractivity contribution is -0.276. The number of ether oxygens (including phenoxy) is 4. The van der Waals surface area contributed by atoms with E-state index in [1.54, 1.807) is 19.9 Å². The molecule has 0 amide bonds. The second-order valence-electron chi connectivity index (χ2n) is 8.77. The standard InChI is InChI=1S/C25H26O10/c1-10-5-14-7-15-8-16(9-18(29)20(15)21(30)19(14)17(28)6-10)35-25-22(31)24(34-13(4)27)23(11(2)32-25)33-12(3)26/h5-6,8-9,11,22-25,28-29,31H,7H2,1-4H3/t11-,22+,23-,24-,25-/m0/s1. The van der Waals surface area contributed by atoms with Crippen molar-refractivity contribution in [2.24, 2.45) is 0 Å². The molecule has 35 heavy (non-hydrogen) atoms. The number of carbonyl (C=O) groups is 3. The monoisotopic (exact) mass is 486 g/mol. The van der Waals surface area contributed by atoms with Crippen LogP contribution in [-0.4, -0.2) is 63.7 Å². The van der Waals surface area contributed by atoms with Crippen LogP contribution in [-0.2, 0) is 30.2 Å². The molecule has 1 saturated heterocycles. The third kappa shape index (κ3) is 4.67. The van der Waals surface area contributed by atoms with Gasteiger partial charge in [0.05, 0.1) is 17.2 Å². The van der Waals surface area contributed by atoms with Gasteiger partial charge in [0.15, 0.2) is 18.3 Å². The van der Waals surface area contributed by atoms with Gasteiger partial charge in [0.1, 0.15) is 17.2 Å². The maximum absolute atomic E-state index is 13.0. The van der Waals surface area contributed by atoms with E-state index in [-0.39, 0.29) is 34.8 Å². The second-order valence-corrected chi connectivity index (χ2v) is 8.77. The third-order valence-corrected chi connectivity index (χ3v) is 5.96. The first-order valence-electron chi connectivity index (χ1n) is 11.0.